The molecule has 0 spiro atoms. The van der Waals surface area contributed by atoms with E-state index in [2.05, 4.69) is 31.2 Å². The number of ether oxygens (including phenoxy) is 1. The molecule has 0 bridgehead atoms. The number of piperidine rings is 1. The molecule has 0 radical (unpaired) electrons. The number of amides is 1. The maximum absolute atomic E-state index is 13.3. The lowest BCUT2D eigenvalue weighted by atomic mass is 10.0. The highest BCUT2D eigenvalue weighted by Gasteiger charge is 2.25. The molecule has 0 N–H and O–H groups in total. The van der Waals surface area contributed by atoms with E-state index in [4.69, 9.17) is 9.72 Å². The summed E-state index contributed by atoms with van der Waals surface area (Å²) in [6, 6.07) is 18.1. The summed E-state index contributed by atoms with van der Waals surface area (Å²) in [5.41, 5.74) is 4.65. The van der Waals surface area contributed by atoms with Gasteiger partial charge in [0.05, 0.1) is 22.9 Å². The number of hydrogen-bond acceptors (Lipinski definition) is 3. The largest absolute Gasteiger partial charge is 0.381 e. The Labute approximate surface area is 159 Å². The van der Waals surface area contributed by atoms with Gasteiger partial charge in [-0.05, 0) is 31.9 Å². The van der Waals surface area contributed by atoms with Gasteiger partial charge in [-0.3, -0.25) is 4.79 Å². The number of fused-ring (bicyclic) bond motifs is 1. The third-order valence-corrected chi connectivity index (χ3v) is 5.36. The zero-order valence-electron chi connectivity index (χ0n) is 15.8. The van der Waals surface area contributed by atoms with Crippen LogP contribution in [0.15, 0.2) is 54.6 Å². The van der Waals surface area contributed by atoms with Crippen LogP contribution >= 0.6 is 0 Å². The zero-order chi connectivity index (χ0) is 18.8. The number of carbonyl (C=O) groups excluding carboxylic acids is 1. The third kappa shape index (κ3) is 3.58. The minimum Gasteiger partial charge on any atom is -0.381 e. The molecule has 3 aromatic rings. The molecule has 1 aromatic heterocycles. The lowest BCUT2D eigenvalue weighted by molar-refractivity contribution is 0.0352. The number of benzene rings is 2. The normalized spacial score (nSPS) is 15.3. The monoisotopic (exact) mass is 360 g/mol. The van der Waals surface area contributed by atoms with Crippen LogP contribution in [0.4, 0.5) is 0 Å². The molecular formula is C23H24N2O2. The van der Waals surface area contributed by atoms with Gasteiger partial charge in [0.15, 0.2) is 0 Å². The number of aromatic nitrogens is 1. The minimum atomic E-state index is 0.0801. The number of methoxy groups -OCH3 is 1. The second kappa shape index (κ2) is 7.49. The third-order valence-electron chi connectivity index (χ3n) is 5.36. The zero-order valence-corrected chi connectivity index (χ0v) is 15.8. The van der Waals surface area contributed by atoms with Gasteiger partial charge in [-0.15, -0.1) is 0 Å². The first-order chi connectivity index (χ1) is 13.2. The lowest BCUT2D eigenvalue weighted by Crippen LogP contribution is -2.40. The quantitative estimate of drug-likeness (QED) is 0.692. The van der Waals surface area contributed by atoms with Crippen molar-refractivity contribution >= 4 is 16.8 Å². The molecule has 4 heteroatoms. The lowest BCUT2D eigenvalue weighted by Gasteiger charge is -2.31. The van der Waals surface area contributed by atoms with Crippen LogP contribution in [0.1, 0.15) is 28.8 Å². The highest BCUT2D eigenvalue weighted by molar-refractivity contribution is 6.07. The predicted octanol–water partition coefficient (Wildman–Crippen LogP) is 4.46. The SMILES string of the molecule is COC1CCN(C(=O)c2cc(-c3ccc(C)cc3)nc3ccccc23)CC1. The Balaban J connectivity index is 1.74. The predicted molar refractivity (Wildman–Crippen MR) is 108 cm³/mol. The Kier molecular flexibility index (Phi) is 4.90. The Bertz CT molecular complexity index is 958. The van der Waals surface area contributed by atoms with Crippen LogP contribution in [0, 0.1) is 6.92 Å². The number of carbonyl (C=O) groups is 1. The number of likely N-dealkylation sites (tertiary alicyclic amines) is 1. The summed E-state index contributed by atoms with van der Waals surface area (Å²) in [7, 11) is 1.74. The van der Waals surface area contributed by atoms with Gasteiger partial charge >= 0.3 is 0 Å². The molecule has 0 unspecified atom stereocenters. The molecule has 1 aliphatic rings. The van der Waals surface area contributed by atoms with Crippen LogP contribution in [0.25, 0.3) is 22.2 Å². The summed E-state index contributed by atoms with van der Waals surface area (Å²) in [6.45, 7) is 3.53. The second-order valence-electron chi connectivity index (χ2n) is 7.17. The van der Waals surface area contributed by atoms with Gasteiger partial charge in [-0.25, -0.2) is 4.98 Å². The van der Waals surface area contributed by atoms with E-state index in [9.17, 15) is 4.79 Å². The van der Waals surface area contributed by atoms with Crippen molar-refractivity contribution in [2.75, 3.05) is 20.2 Å². The molecule has 1 saturated heterocycles. The van der Waals surface area contributed by atoms with Crippen LogP contribution in [-0.2, 0) is 4.74 Å². The molecule has 27 heavy (non-hydrogen) atoms. The molecule has 138 valence electrons. The first-order valence-corrected chi connectivity index (χ1v) is 9.44. The van der Waals surface area contributed by atoms with Crippen LogP contribution < -0.4 is 0 Å². The van der Waals surface area contributed by atoms with Crippen molar-refractivity contribution in [2.45, 2.75) is 25.9 Å². The summed E-state index contributed by atoms with van der Waals surface area (Å²) < 4.78 is 5.43. The highest BCUT2D eigenvalue weighted by Crippen LogP contribution is 2.27. The van der Waals surface area contributed by atoms with Crippen molar-refractivity contribution in [3.63, 3.8) is 0 Å². The van der Waals surface area contributed by atoms with Crippen molar-refractivity contribution in [1.29, 1.82) is 0 Å². The highest BCUT2D eigenvalue weighted by atomic mass is 16.5. The first-order valence-electron chi connectivity index (χ1n) is 9.44. The molecule has 1 amide bonds. The summed E-state index contributed by atoms with van der Waals surface area (Å²) in [4.78, 5) is 20.0. The van der Waals surface area contributed by atoms with E-state index < -0.39 is 0 Å². The molecule has 4 nitrogen and oxygen atoms in total. The number of pyridine rings is 1. The number of aryl methyl sites for hydroxylation is 1. The number of para-hydroxylation sites is 1. The fourth-order valence-corrected chi connectivity index (χ4v) is 3.69. The van der Waals surface area contributed by atoms with Crippen LogP contribution in [0.5, 0.6) is 0 Å². The van der Waals surface area contributed by atoms with E-state index in [1.165, 1.54) is 5.56 Å². The number of rotatable bonds is 3. The number of nitrogens with zero attached hydrogens (tertiary/aromatic N) is 2. The Morgan fingerprint density at radius 2 is 1.78 bits per heavy atom. The maximum Gasteiger partial charge on any atom is 0.254 e. The first kappa shape index (κ1) is 17.7. The van der Waals surface area contributed by atoms with Crippen molar-refractivity contribution in [1.82, 2.24) is 9.88 Å². The fourth-order valence-electron chi connectivity index (χ4n) is 3.69. The van der Waals surface area contributed by atoms with Gasteiger partial charge in [0.25, 0.3) is 5.91 Å². The molecule has 4 rings (SSSR count). The Morgan fingerprint density at radius 1 is 1.07 bits per heavy atom. The van der Waals surface area contributed by atoms with E-state index in [1.807, 2.05) is 35.2 Å². The molecule has 1 aliphatic heterocycles. The minimum absolute atomic E-state index is 0.0801. The summed E-state index contributed by atoms with van der Waals surface area (Å²) in [5, 5.41) is 0.909. The van der Waals surface area contributed by atoms with Gasteiger partial charge in [0, 0.05) is 31.1 Å². The van der Waals surface area contributed by atoms with Gasteiger partial charge in [0.2, 0.25) is 0 Å². The van der Waals surface area contributed by atoms with Gasteiger partial charge in [-0.2, -0.15) is 0 Å². The maximum atomic E-state index is 13.3. The standard InChI is InChI=1S/C23H24N2O2/c1-16-7-9-17(10-8-16)22-15-20(19-5-3-4-6-21(19)24-22)23(26)25-13-11-18(27-2)12-14-25/h3-10,15,18H,11-14H2,1-2H3. The molecule has 0 saturated carbocycles. The Hall–Kier alpha value is -2.72. The molecule has 2 aromatic carbocycles. The molecule has 1 fully saturated rings. The summed E-state index contributed by atoms with van der Waals surface area (Å²) in [6.07, 6.45) is 2.03. The topological polar surface area (TPSA) is 42.4 Å². The number of hydrogen-bond donors (Lipinski definition) is 0. The van der Waals surface area contributed by atoms with Crippen molar-refractivity contribution in [3.05, 3.63) is 65.7 Å². The van der Waals surface area contributed by atoms with E-state index >= 15 is 0 Å². The van der Waals surface area contributed by atoms with Gasteiger partial charge in [-0.1, -0.05) is 48.0 Å². The van der Waals surface area contributed by atoms with Crippen molar-refractivity contribution in [2.24, 2.45) is 0 Å². The van der Waals surface area contributed by atoms with E-state index in [1.54, 1.807) is 7.11 Å². The molecule has 2 heterocycles. The van der Waals surface area contributed by atoms with Crippen molar-refractivity contribution in [3.8, 4) is 11.3 Å². The fraction of sp³-hybridized carbons (Fsp3) is 0.304. The average Bonchev–Trinajstić information content (AvgIpc) is 2.73. The smallest absolute Gasteiger partial charge is 0.254 e. The van der Waals surface area contributed by atoms with E-state index in [0.29, 0.717) is 0 Å². The average molecular weight is 360 g/mol. The van der Waals surface area contributed by atoms with Crippen LogP contribution in [-0.4, -0.2) is 42.1 Å². The molecule has 0 aliphatic carbocycles. The Morgan fingerprint density at radius 3 is 2.48 bits per heavy atom. The summed E-state index contributed by atoms with van der Waals surface area (Å²) in [5.74, 6) is 0.0801. The van der Waals surface area contributed by atoms with E-state index in [-0.39, 0.29) is 12.0 Å². The van der Waals surface area contributed by atoms with Crippen LogP contribution in [0.2, 0.25) is 0 Å². The van der Waals surface area contributed by atoms with Crippen LogP contribution in [0.3, 0.4) is 0 Å². The van der Waals surface area contributed by atoms with Gasteiger partial charge < -0.3 is 9.64 Å². The van der Waals surface area contributed by atoms with Crippen molar-refractivity contribution < 1.29 is 9.53 Å². The molecule has 0 atom stereocenters. The van der Waals surface area contributed by atoms with E-state index in [0.717, 1.165) is 53.7 Å². The second-order valence-corrected chi connectivity index (χ2v) is 7.17. The van der Waals surface area contributed by atoms with Gasteiger partial charge in [0.1, 0.15) is 0 Å². The molecular weight excluding hydrogens is 336 g/mol. The summed E-state index contributed by atoms with van der Waals surface area (Å²) >= 11 is 0.